The predicted molar refractivity (Wildman–Crippen MR) is 130 cm³/mol. The molecule has 0 saturated heterocycles. The number of benzene rings is 2. The van der Waals surface area contributed by atoms with E-state index in [1.807, 2.05) is 0 Å². The molecular formula is C25H20ClFN4O4. The summed E-state index contributed by atoms with van der Waals surface area (Å²) in [4.78, 5) is 33.6. The summed E-state index contributed by atoms with van der Waals surface area (Å²) in [6.45, 7) is 1.04. The van der Waals surface area contributed by atoms with Crippen molar-refractivity contribution in [3.8, 4) is 11.5 Å². The third-order valence-corrected chi connectivity index (χ3v) is 5.99. The molecule has 4 aromatic rings. The van der Waals surface area contributed by atoms with Gasteiger partial charge in [-0.1, -0.05) is 17.7 Å². The van der Waals surface area contributed by atoms with Crippen LogP contribution in [0.3, 0.4) is 0 Å². The minimum Gasteiger partial charge on any atom is -0.457 e. The van der Waals surface area contributed by atoms with Gasteiger partial charge in [-0.15, -0.1) is 0 Å². The molecule has 0 radical (unpaired) electrons. The molecule has 3 N–H and O–H groups in total. The van der Waals surface area contributed by atoms with E-state index in [1.165, 1.54) is 55.7 Å². The Kier molecular flexibility index (Phi) is 4.80. The molecule has 2 aromatic carbocycles. The molecule has 178 valence electrons. The summed E-state index contributed by atoms with van der Waals surface area (Å²) in [5, 5.41) is 6.23. The van der Waals surface area contributed by atoms with Gasteiger partial charge in [0.05, 0.1) is 44.3 Å². The van der Waals surface area contributed by atoms with Crippen molar-refractivity contribution in [1.29, 1.82) is 0 Å². The molecule has 0 aliphatic carbocycles. The monoisotopic (exact) mass is 497 g/mol. The van der Waals surface area contributed by atoms with Gasteiger partial charge in [0.2, 0.25) is 0 Å². The standard InChI is InChI=1S/C25H20ClFN4O4/c1-25(12-34-2)24(33)30-19-11-29-23-20(21(19)31-25)17(10-28-23)22(32)16-7-6-15(9-18(16)26)35-14-5-3-4-13(27)8-14/h3-11,31H,12H2,1-2H3,(H,28,29)(H,30,33)/t25-/m0/s1/i2D3. The van der Waals surface area contributed by atoms with Gasteiger partial charge in [0.1, 0.15) is 28.5 Å². The van der Waals surface area contributed by atoms with Crippen LogP contribution in [0.5, 0.6) is 11.5 Å². The van der Waals surface area contributed by atoms with Gasteiger partial charge in [-0.2, -0.15) is 0 Å². The number of rotatable bonds is 6. The summed E-state index contributed by atoms with van der Waals surface area (Å²) in [5.41, 5.74) is -0.0127. The molecular weight excluding hydrogens is 475 g/mol. The molecule has 8 nitrogen and oxygen atoms in total. The minimum absolute atomic E-state index is 0.105. The fraction of sp³-hybridized carbons (Fsp3) is 0.160. The number of ether oxygens (including phenoxy) is 2. The van der Waals surface area contributed by atoms with E-state index in [0.717, 1.165) is 0 Å². The van der Waals surface area contributed by atoms with E-state index in [4.69, 9.17) is 25.2 Å². The highest BCUT2D eigenvalue weighted by atomic mass is 35.5. The molecule has 2 aromatic heterocycles. The number of fused-ring (bicyclic) bond motifs is 3. The largest absolute Gasteiger partial charge is 0.457 e. The molecule has 35 heavy (non-hydrogen) atoms. The number of halogens is 2. The fourth-order valence-corrected chi connectivity index (χ4v) is 4.15. The van der Waals surface area contributed by atoms with Crippen LogP contribution < -0.4 is 15.4 Å². The number of aromatic amines is 1. The SMILES string of the molecule is [2H]C([2H])([2H])OC[C@]1(C)Nc2c(cnc3[nH]cc(C(=O)c4ccc(Oc5cccc(F)c5)cc4Cl)c23)NC1=O. The normalized spacial score (nSPS) is 18.6. The number of hydrogen-bond donors (Lipinski definition) is 3. The van der Waals surface area contributed by atoms with Crippen LogP contribution in [0.25, 0.3) is 11.0 Å². The third-order valence-electron chi connectivity index (χ3n) is 5.67. The molecule has 1 aliphatic rings. The van der Waals surface area contributed by atoms with Crippen molar-refractivity contribution in [1.82, 2.24) is 9.97 Å². The minimum atomic E-state index is -2.70. The van der Waals surface area contributed by atoms with E-state index in [2.05, 4.69) is 20.6 Å². The van der Waals surface area contributed by atoms with Crippen molar-refractivity contribution < 1.29 is 27.6 Å². The number of nitrogens with one attached hydrogen (secondary N) is 3. The van der Waals surface area contributed by atoms with Crippen LogP contribution in [0.1, 0.15) is 27.0 Å². The van der Waals surface area contributed by atoms with E-state index in [9.17, 15) is 14.0 Å². The van der Waals surface area contributed by atoms with E-state index >= 15 is 0 Å². The van der Waals surface area contributed by atoms with Crippen molar-refractivity contribution in [2.24, 2.45) is 0 Å². The number of H-pyrrole nitrogens is 1. The number of carbonyl (C=O) groups is 2. The first-order chi connectivity index (χ1) is 17.9. The molecule has 0 fully saturated rings. The molecule has 1 amide bonds. The lowest BCUT2D eigenvalue weighted by molar-refractivity contribution is -0.121. The van der Waals surface area contributed by atoms with E-state index in [-0.39, 0.29) is 21.9 Å². The van der Waals surface area contributed by atoms with Gasteiger partial charge in [-0.3, -0.25) is 9.59 Å². The Labute approximate surface area is 208 Å². The zero-order valence-corrected chi connectivity index (χ0v) is 19.0. The van der Waals surface area contributed by atoms with Crippen LogP contribution in [0.15, 0.2) is 54.9 Å². The van der Waals surface area contributed by atoms with Crippen molar-refractivity contribution in [2.75, 3.05) is 24.3 Å². The van der Waals surface area contributed by atoms with Gasteiger partial charge in [0.25, 0.3) is 5.91 Å². The number of amides is 1. The number of pyridine rings is 1. The lowest BCUT2D eigenvalue weighted by atomic mass is 9.96. The van der Waals surface area contributed by atoms with Crippen LogP contribution in [0.4, 0.5) is 15.8 Å². The van der Waals surface area contributed by atoms with Crippen molar-refractivity contribution in [3.05, 3.63) is 76.8 Å². The highest BCUT2D eigenvalue weighted by Crippen LogP contribution is 2.39. The van der Waals surface area contributed by atoms with Crippen LogP contribution in [-0.4, -0.2) is 40.8 Å². The first kappa shape index (κ1) is 19.4. The van der Waals surface area contributed by atoms with E-state index < -0.39 is 36.7 Å². The highest BCUT2D eigenvalue weighted by Gasteiger charge is 2.39. The first-order valence-electron chi connectivity index (χ1n) is 11.9. The average Bonchev–Trinajstić information content (AvgIpc) is 3.28. The highest BCUT2D eigenvalue weighted by molar-refractivity contribution is 6.36. The summed E-state index contributed by atoms with van der Waals surface area (Å²) in [7, 11) is -2.70. The van der Waals surface area contributed by atoms with Crippen molar-refractivity contribution >= 4 is 45.7 Å². The molecule has 1 atom stereocenters. The summed E-state index contributed by atoms with van der Waals surface area (Å²) >= 11 is 6.44. The molecule has 0 spiro atoms. The smallest absolute Gasteiger partial charge is 0.252 e. The third kappa shape index (κ3) is 4.09. The average molecular weight is 498 g/mol. The Morgan fingerprint density at radius 2 is 2.06 bits per heavy atom. The lowest BCUT2D eigenvalue weighted by Crippen LogP contribution is -2.53. The molecule has 3 heterocycles. The van der Waals surface area contributed by atoms with Gasteiger partial charge in [-0.25, -0.2) is 9.37 Å². The predicted octanol–water partition coefficient (Wildman–Crippen LogP) is 5.15. The second-order valence-corrected chi connectivity index (χ2v) is 8.61. The maximum absolute atomic E-state index is 13.6. The number of aromatic nitrogens is 2. The Hall–Kier alpha value is -3.95. The second kappa shape index (κ2) is 8.68. The summed E-state index contributed by atoms with van der Waals surface area (Å²) < 4.78 is 45.9. The number of nitrogens with zero attached hydrogens (tertiary/aromatic N) is 1. The summed E-state index contributed by atoms with van der Waals surface area (Å²) in [6.07, 6.45) is 2.89. The number of methoxy groups -OCH3 is 1. The maximum Gasteiger partial charge on any atom is 0.252 e. The maximum atomic E-state index is 13.6. The molecule has 5 rings (SSSR count). The first-order valence-corrected chi connectivity index (χ1v) is 10.8. The molecule has 10 heteroatoms. The van der Waals surface area contributed by atoms with Crippen molar-refractivity contribution in [3.63, 3.8) is 0 Å². The number of anilines is 2. The van der Waals surface area contributed by atoms with Crippen molar-refractivity contribution in [2.45, 2.75) is 12.5 Å². The quantitative estimate of drug-likeness (QED) is 0.318. The van der Waals surface area contributed by atoms with Gasteiger partial charge in [0.15, 0.2) is 5.78 Å². The van der Waals surface area contributed by atoms with Crippen LogP contribution >= 0.6 is 11.6 Å². The van der Waals surface area contributed by atoms with Crippen LogP contribution in [-0.2, 0) is 9.53 Å². The molecule has 0 bridgehead atoms. The fourth-order valence-electron chi connectivity index (χ4n) is 3.89. The second-order valence-electron chi connectivity index (χ2n) is 8.20. The van der Waals surface area contributed by atoms with Gasteiger partial charge >= 0.3 is 0 Å². The van der Waals surface area contributed by atoms with Gasteiger partial charge < -0.3 is 25.1 Å². The Morgan fingerprint density at radius 3 is 2.83 bits per heavy atom. The van der Waals surface area contributed by atoms with Gasteiger partial charge in [-0.05, 0) is 31.2 Å². The number of ketones is 1. The topological polar surface area (TPSA) is 105 Å². The van der Waals surface area contributed by atoms with E-state index in [0.29, 0.717) is 28.2 Å². The Morgan fingerprint density at radius 1 is 1.23 bits per heavy atom. The Bertz CT molecular complexity index is 1590. The summed E-state index contributed by atoms with van der Waals surface area (Å²) in [5.74, 6) is -0.830. The number of hydrogen-bond acceptors (Lipinski definition) is 6. The van der Waals surface area contributed by atoms with Crippen LogP contribution in [0, 0.1) is 5.82 Å². The molecule has 1 aliphatic heterocycles. The zero-order chi connectivity index (χ0) is 27.2. The molecule has 0 saturated carbocycles. The van der Waals surface area contributed by atoms with Gasteiger partial charge in [0, 0.05) is 30.9 Å². The van der Waals surface area contributed by atoms with E-state index in [1.54, 1.807) is 6.07 Å². The zero-order valence-electron chi connectivity index (χ0n) is 21.2. The van der Waals surface area contributed by atoms with Crippen LogP contribution in [0.2, 0.25) is 5.02 Å². The Balaban J connectivity index is 1.48. The number of carbonyl (C=O) groups excluding carboxylic acids is 2. The lowest BCUT2D eigenvalue weighted by Gasteiger charge is -2.35. The summed E-state index contributed by atoms with van der Waals surface area (Å²) in [6, 6.07) is 10.1. The molecule has 0 unspecified atom stereocenters.